The molecule has 1 N–H and O–H groups in total. The van der Waals surface area contributed by atoms with Crippen LogP contribution in [0.1, 0.15) is 24.8 Å². The van der Waals surface area contributed by atoms with Crippen LogP contribution in [0.25, 0.3) is 0 Å². The van der Waals surface area contributed by atoms with Crippen molar-refractivity contribution in [2.75, 3.05) is 0 Å². The van der Waals surface area contributed by atoms with E-state index in [1.165, 1.54) is 12.8 Å². The largest absolute Gasteiger partial charge is 0.393 e. The van der Waals surface area contributed by atoms with Crippen LogP contribution in [0.2, 0.25) is 10.0 Å². The Hall–Kier alpha value is -0.240. The van der Waals surface area contributed by atoms with Gasteiger partial charge in [-0.05, 0) is 30.0 Å². The normalized spacial score (nSPS) is 17.8. The van der Waals surface area contributed by atoms with Gasteiger partial charge in [0, 0.05) is 16.5 Å². The van der Waals surface area contributed by atoms with Crippen LogP contribution in [0.15, 0.2) is 18.2 Å². The summed E-state index contributed by atoms with van der Waals surface area (Å²) in [5, 5.41) is 11.1. The Labute approximate surface area is 100 Å². The summed E-state index contributed by atoms with van der Waals surface area (Å²) in [5.41, 5.74) is 0.869. The first-order valence-electron chi connectivity index (χ1n) is 5.27. The van der Waals surface area contributed by atoms with Crippen LogP contribution in [0.4, 0.5) is 0 Å². The zero-order valence-corrected chi connectivity index (χ0v) is 9.93. The van der Waals surface area contributed by atoms with Crippen molar-refractivity contribution < 1.29 is 5.11 Å². The average molecular weight is 245 g/mol. The molecule has 1 aromatic carbocycles. The van der Waals surface area contributed by atoms with Crippen molar-refractivity contribution in [1.82, 2.24) is 0 Å². The van der Waals surface area contributed by atoms with Crippen molar-refractivity contribution in [3.05, 3.63) is 33.8 Å². The quantitative estimate of drug-likeness (QED) is 0.857. The lowest BCUT2D eigenvalue weighted by atomic mass is 10.0. The molecule has 1 unspecified atom stereocenters. The van der Waals surface area contributed by atoms with Crippen molar-refractivity contribution >= 4 is 23.2 Å². The highest BCUT2D eigenvalue weighted by molar-refractivity contribution is 6.35. The zero-order valence-electron chi connectivity index (χ0n) is 8.42. The highest BCUT2D eigenvalue weighted by Crippen LogP contribution is 2.35. The van der Waals surface area contributed by atoms with Gasteiger partial charge in [0.2, 0.25) is 0 Å². The van der Waals surface area contributed by atoms with E-state index in [0.717, 1.165) is 17.9 Å². The molecule has 0 bridgehead atoms. The standard InChI is InChI=1S/C12H14Cl2O/c13-11-2-1-3-12(14)10(11)7-9(15)6-8-4-5-8/h1-3,8-9,15H,4-7H2. The minimum atomic E-state index is -0.310. The third-order valence-corrected chi connectivity index (χ3v) is 3.51. The monoisotopic (exact) mass is 244 g/mol. The fourth-order valence-electron chi connectivity index (χ4n) is 1.78. The minimum absolute atomic E-state index is 0.310. The first-order valence-corrected chi connectivity index (χ1v) is 6.03. The molecule has 1 fully saturated rings. The van der Waals surface area contributed by atoms with Gasteiger partial charge >= 0.3 is 0 Å². The number of aliphatic hydroxyl groups excluding tert-OH is 1. The topological polar surface area (TPSA) is 20.2 Å². The molecule has 1 aliphatic rings. The maximum absolute atomic E-state index is 9.84. The summed E-state index contributed by atoms with van der Waals surface area (Å²) in [4.78, 5) is 0. The van der Waals surface area contributed by atoms with Gasteiger partial charge in [-0.3, -0.25) is 0 Å². The highest BCUT2D eigenvalue weighted by atomic mass is 35.5. The molecule has 15 heavy (non-hydrogen) atoms. The van der Waals surface area contributed by atoms with E-state index in [2.05, 4.69) is 0 Å². The second kappa shape index (κ2) is 4.73. The Balaban J connectivity index is 2.01. The first-order chi connectivity index (χ1) is 7.16. The van der Waals surface area contributed by atoms with Gasteiger partial charge in [0.25, 0.3) is 0 Å². The predicted octanol–water partition coefficient (Wildman–Crippen LogP) is 3.70. The van der Waals surface area contributed by atoms with Gasteiger partial charge in [-0.1, -0.05) is 42.1 Å². The van der Waals surface area contributed by atoms with Crippen molar-refractivity contribution in [2.24, 2.45) is 5.92 Å². The van der Waals surface area contributed by atoms with Gasteiger partial charge in [-0.2, -0.15) is 0 Å². The van der Waals surface area contributed by atoms with Crippen LogP contribution in [0, 0.1) is 5.92 Å². The Morgan fingerprint density at radius 2 is 1.87 bits per heavy atom. The van der Waals surface area contributed by atoms with E-state index in [4.69, 9.17) is 23.2 Å². The molecule has 0 amide bonds. The molecule has 0 radical (unpaired) electrons. The van der Waals surface area contributed by atoms with E-state index in [-0.39, 0.29) is 6.10 Å². The van der Waals surface area contributed by atoms with Crippen molar-refractivity contribution in [3.8, 4) is 0 Å². The summed E-state index contributed by atoms with van der Waals surface area (Å²) in [7, 11) is 0. The number of rotatable bonds is 4. The summed E-state index contributed by atoms with van der Waals surface area (Å²) < 4.78 is 0. The molecule has 82 valence electrons. The lowest BCUT2D eigenvalue weighted by Crippen LogP contribution is -2.11. The fraction of sp³-hybridized carbons (Fsp3) is 0.500. The predicted molar refractivity (Wildman–Crippen MR) is 63.5 cm³/mol. The third kappa shape index (κ3) is 3.10. The number of halogens is 2. The fourth-order valence-corrected chi connectivity index (χ4v) is 2.34. The molecule has 0 aliphatic heterocycles. The third-order valence-electron chi connectivity index (χ3n) is 2.80. The number of aliphatic hydroxyl groups is 1. The molecule has 1 aromatic rings. The van der Waals surface area contributed by atoms with E-state index >= 15 is 0 Å². The summed E-state index contributed by atoms with van der Waals surface area (Å²) in [6.07, 6.45) is 3.65. The Morgan fingerprint density at radius 1 is 1.27 bits per heavy atom. The second-order valence-electron chi connectivity index (χ2n) is 4.24. The highest BCUT2D eigenvalue weighted by Gasteiger charge is 2.25. The number of hydrogen-bond donors (Lipinski definition) is 1. The average Bonchev–Trinajstić information content (AvgIpc) is 2.95. The van der Waals surface area contributed by atoms with Gasteiger partial charge in [0.05, 0.1) is 6.10 Å². The molecule has 0 spiro atoms. The molecular formula is C12H14Cl2O. The Bertz CT molecular complexity index is 327. The maximum Gasteiger partial charge on any atom is 0.0584 e. The first kappa shape index (κ1) is 11.3. The van der Waals surface area contributed by atoms with Crippen LogP contribution < -0.4 is 0 Å². The Kier molecular flexibility index (Phi) is 3.55. The minimum Gasteiger partial charge on any atom is -0.393 e. The lowest BCUT2D eigenvalue weighted by molar-refractivity contribution is 0.158. The molecule has 1 aliphatic carbocycles. The molecule has 1 nitrogen and oxygen atoms in total. The molecule has 0 aromatic heterocycles. The van der Waals surface area contributed by atoms with Crippen LogP contribution >= 0.6 is 23.2 Å². The van der Waals surface area contributed by atoms with Gasteiger partial charge < -0.3 is 5.11 Å². The van der Waals surface area contributed by atoms with E-state index in [9.17, 15) is 5.11 Å². The smallest absolute Gasteiger partial charge is 0.0584 e. The van der Waals surface area contributed by atoms with Crippen LogP contribution in [0.5, 0.6) is 0 Å². The summed E-state index contributed by atoms with van der Waals surface area (Å²) >= 11 is 12.1. The molecule has 0 heterocycles. The van der Waals surface area contributed by atoms with Crippen LogP contribution in [-0.2, 0) is 6.42 Å². The summed E-state index contributed by atoms with van der Waals surface area (Å²) in [6.45, 7) is 0. The van der Waals surface area contributed by atoms with Crippen molar-refractivity contribution in [3.63, 3.8) is 0 Å². The molecule has 1 atom stereocenters. The summed E-state index contributed by atoms with van der Waals surface area (Å²) in [6, 6.07) is 5.45. The van der Waals surface area contributed by atoms with E-state index in [0.29, 0.717) is 16.5 Å². The van der Waals surface area contributed by atoms with E-state index in [1.807, 2.05) is 18.2 Å². The van der Waals surface area contributed by atoms with Crippen LogP contribution in [0.3, 0.4) is 0 Å². The maximum atomic E-state index is 9.84. The van der Waals surface area contributed by atoms with E-state index in [1.54, 1.807) is 0 Å². The van der Waals surface area contributed by atoms with Crippen molar-refractivity contribution in [1.29, 1.82) is 0 Å². The Morgan fingerprint density at radius 3 is 2.40 bits per heavy atom. The SMILES string of the molecule is OC(Cc1c(Cl)cccc1Cl)CC1CC1. The second-order valence-corrected chi connectivity index (χ2v) is 5.05. The van der Waals surface area contributed by atoms with Gasteiger partial charge in [-0.25, -0.2) is 0 Å². The van der Waals surface area contributed by atoms with Gasteiger partial charge in [0.1, 0.15) is 0 Å². The van der Waals surface area contributed by atoms with Crippen LogP contribution in [-0.4, -0.2) is 11.2 Å². The van der Waals surface area contributed by atoms with Crippen molar-refractivity contribution in [2.45, 2.75) is 31.8 Å². The van der Waals surface area contributed by atoms with Gasteiger partial charge in [0.15, 0.2) is 0 Å². The molecule has 0 saturated heterocycles. The number of benzene rings is 1. The van der Waals surface area contributed by atoms with E-state index < -0.39 is 0 Å². The van der Waals surface area contributed by atoms with Gasteiger partial charge in [-0.15, -0.1) is 0 Å². The molecule has 3 heteroatoms. The number of hydrogen-bond acceptors (Lipinski definition) is 1. The summed E-state index contributed by atoms with van der Waals surface area (Å²) in [5.74, 6) is 0.723. The molecule has 2 rings (SSSR count). The molecular weight excluding hydrogens is 231 g/mol. The molecule has 1 saturated carbocycles. The zero-order chi connectivity index (χ0) is 10.8. The lowest BCUT2D eigenvalue weighted by Gasteiger charge is -2.12.